The van der Waals surface area contributed by atoms with Crippen molar-refractivity contribution >= 4 is 5.96 Å². The molecule has 1 aliphatic carbocycles. The second-order valence-electron chi connectivity index (χ2n) is 5.43. The van der Waals surface area contributed by atoms with Gasteiger partial charge in [0.2, 0.25) is 0 Å². The van der Waals surface area contributed by atoms with E-state index in [1.165, 1.54) is 18.4 Å². The van der Waals surface area contributed by atoms with Crippen molar-refractivity contribution in [2.75, 3.05) is 27.7 Å². The van der Waals surface area contributed by atoms with E-state index in [2.05, 4.69) is 53.2 Å². The highest BCUT2D eigenvalue weighted by atomic mass is 15.3. The minimum absolute atomic E-state index is 0.271. The molecule has 0 aliphatic heterocycles. The van der Waals surface area contributed by atoms with Gasteiger partial charge in [-0.15, -0.1) is 0 Å². The van der Waals surface area contributed by atoms with Gasteiger partial charge in [-0.05, 0) is 32.5 Å². The highest BCUT2D eigenvalue weighted by Gasteiger charge is 2.27. The van der Waals surface area contributed by atoms with Crippen LogP contribution in [0.1, 0.15) is 24.4 Å². The van der Waals surface area contributed by atoms with Crippen LogP contribution in [-0.4, -0.2) is 49.5 Å². The lowest BCUT2D eigenvalue weighted by molar-refractivity contribution is 0.305. The van der Waals surface area contributed by atoms with Gasteiger partial charge in [0.15, 0.2) is 5.96 Å². The number of hydrogen-bond acceptors (Lipinski definition) is 2. The summed E-state index contributed by atoms with van der Waals surface area (Å²) in [5.74, 6) is 0.658. The van der Waals surface area contributed by atoms with E-state index in [-0.39, 0.29) is 6.04 Å². The molecule has 19 heavy (non-hydrogen) atoms. The van der Waals surface area contributed by atoms with E-state index < -0.39 is 0 Å². The zero-order chi connectivity index (χ0) is 13.8. The predicted molar refractivity (Wildman–Crippen MR) is 80.1 cm³/mol. The summed E-state index contributed by atoms with van der Waals surface area (Å²) >= 11 is 0. The molecule has 1 atom stereocenters. The van der Waals surface area contributed by atoms with Crippen LogP contribution in [0.15, 0.2) is 35.3 Å². The lowest BCUT2D eigenvalue weighted by Crippen LogP contribution is -2.36. The molecule has 4 nitrogen and oxygen atoms in total. The van der Waals surface area contributed by atoms with Crippen LogP contribution >= 0.6 is 0 Å². The maximum absolute atomic E-state index is 6.04. The van der Waals surface area contributed by atoms with Crippen LogP contribution in [0.3, 0.4) is 0 Å². The summed E-state index contributed by atoms with van der Waals surface area (Å²) in [4.78, 5) is 8.84. The van der Waals surface area contributed by atoms with Crippen molar-refractivity contribution in [2.45, 2.75) is 24.9 Å². The van der Waals surface area contributed by atoms with Gasteiger partial charge in [-0.25, -0.2) is 0 Å². The maximum Gasteiger partial charge on any atom is 0.191 e. The Morgan fingerprint density at radius 1 is 1.26 bits per heavy atom. The number of nitrogens with zero attached hydrogens (tertiary/aromatic N) is 3. The molecule has 1 aliphatic rings. The molecule has 1 saturated carbocycles. The van der Waals surface area contributed by atoms with Crippen LogP contribution in [0, 0.1) is 0 Å². The van der Waals surface area contributed by atoms with Crippen molar-refractivity contribution in [3.8, 4) is 0 Å². The summed E-state index contributed by atoms with van der Waals surface area (Å²) in [6.07, 6.45) is 2.48. The van der Waals surface area contributed by atoms with Crippen LogP contribution in [0.5, 0.6) is 0 Å². The van der Waals surface area contributed by atoms with E-state index in [1.807, 2.05) is 13.1 Å². The zero-order valence-electron chi connectivity index (χ0n) is 12.1. The van der Waals surface area contributed by atoms with E-state index in [9.17, 15) is 0 Å². The number of guanidine groups is 1. The lowest BCUT2D eigenvalue weighted by atomic mass is 10.1. The molecule has 0 heterocycles. The summed E-state index contributed by atoms with van der Waals surface area (Å²) in [6.45, 7) is 0.694. The Morgan fingerprint density at radius 3 is 2.42 bits per heavy atom. The highest BCUT2D eigenvalue weighted by Crippen LogP contribution is 2.25. The first-order valence-electron chi connectivity index (χ1n) is 6.83. The fourth-order valence-corrected chi connectivity index (χ4v) is 2.18. The van der Waals surface area contributed by atoms with E-state index in [0.717, 1.165) is 0 Å². The first kappa shape index (κ1) is 13.9. The number of rotatable bonds is 5. The third-order valence-corrected chi connectivity index (χ3v) is 3.69. The Bertz CT molecular complexity index is 423. The van der Waals surface area contributed by atoms with Crippen molar-refractivity contribution in [3.05, 3.63) is 35.9 Å². The van der Waals surface area contributed by atoms with Gasteiger partial charge in [0.05, 0.1) is 12.6 Å². The molecular formula is C15H24N4. The molecule has 0 bridgehead atoms. The van der Waals surface area contributed by atoms with Gasteiger partial charge < -0.3 is 15.5 Å². The van der Waals surface area contributed by atoms with Crippen LogP contribution in [0.2, 0.25) is 0 Å². The average Bonchev–Trinajstić information content (AvgIpc) is 3.23. The van der Waals surface area contributed by atoms with Gasteiger partial charge in [-0.2, -0.15) is 0 Å². The number of likely N-dealkylation sites (N-methyl/N-ethyl adjacent to an activating group) is 1. The van der Waals surface area contributed by atoms with Crippen molar-refractivity contribution in [2.24, 2.45) is 10.7 Å². The predicted octanol–water partition coefficient (Wildman–Crippen LogP) is 1.70. The molecule has 0 saturated heterocycles. The van der Waals surface area contributed by atoms with Gasteiger partial charge >= 0.3 is 0 Å². The van der Waals surface area contributed by atoms with E-state index in [1.54, 1.807) is 0 Å². The summed E-state index contributed by atoms with van der Waals surface area (Å²) in [6, 6.07) is 11.3. The molecule has 104 valence electrons. The molecule has 0 amide bonds. The van der Waals surface area contributed by atoms with Gasteiger partial charge in [-0.3, -0.25) is 4.99 Å². The molecule has 0 radical (unpaired) electrons. The standard InChI is InChI=1S/C15H24N4/c1-18(2)14(12-7-5-4-6-8-12)11-17-15(16)19(3)13-9-10-13/h4-8,13-14H,9-11H2,1-3H3,(H2,16,17). The summed E-state index contributed by atoms with van der Waals surface area (Å²) in [5.41, 5.74) is 7.32. The normalized spacial score (nSPS) is 17.6. The Hall–Kier alpha value is -1.55. The minimum Gasteiger partial charge on any atom is -0.370 e. The number of hydrogen-bond donors (Lipinski definition) is 1. The summed E-state index contributed by atoms with van der Waals surface area (Å²) in [7, 11) is 6.19. The Balaban J connectivity index is 2.03. The lowest BCUT2D eigenvalue weighted by Gasteiger charge is -2.24. The zero-order valence-corrected chi connectivity index (χ0v) is 12.1. The fraction of sp³-hybridized carbons (Fsp3) is 0.533. The molecule has 1 fully saturated rings. The molecule has 4 heteroatoms. The van der Waals surface area contributed by atoms with Crippen molar-refractivity contribution in [3.63, 3.8) is 0 Å². The van der Waals surface area contributed by atoms with Crippen LogP contribution in [-0.2, 0) is 0 Å². The van der Waals surface area contributed by atoms with Gasteiger partial charge in [0, 0.05) is 13.1 Å². The van der Waals surface area contributed by atoms with E-state index >= 15 is 0 Å². The second kappa shape index (κ2) is 6.06. The van der Waals surface area contributed by atoms with Crippen molar-refractivity contribution < 1.29 is 0 Å². The van der Waals surface area contributed by atoms with Crippen molar-refractivity contribution in [1.82, 2.24) is 9.80 Å². The molecule has 1 unspecified atom stereocenters. The molecule has 0 aromatic heterocycles. The van der Waals surface area contributed by atoms with Crippen LogP contribution < -0.4 is 5.73 Å². The fourth-order valence-electron chi connectivity index (χ4n) is 2.18. The van der Waals surface area contributed by atoms with Gasteiger partial charge in [0.1, 0.15) is 0 Å². The minimum atomic E-state index is 0.271. The Morgan fingerprint density at radius 2 is 1.89 bits per heavy atom. The number of benzene rings is 1. The smallest absolute Gasteiger partial charge is 0.191 e. The first-order chi connectivity index (χ1) is 9.09. The van der Waals surface area contributed by atoms with Gasteiger partial charge in [-0.1, -0.05) is 30.3 Å². The molecule has 2 N–H and O–H groups in total. The molecular weight excluding hydrogens is 236 g/mol. The summed E-state index contributed by atoms with van der Waals surface area (Å²) < 4.78 is 0. The second-order valence-corrected chi connectivity index (χ2v) is 5.43. The third-order valence-electron chi connectivity index (χ3n) is 3.69. The van der Waals surface area contributed by atoms with Crippen molar-refractivity contribution in [1.29, 1.82) is 0 Å². The third kappa shape index (κ3) is 3.70. The number of nitrogens with two attached hydrogens (primary N) is 1. The monoisotopic (exact) mass is 260 g/mol. The molecule has 2 rings (SSSR count). The molecule has 1 aromatic rings. The Labute approximate surface area is 115 Å². The summed E-state index contributed by atoms with van der Waals surface area (Å²) in [5, 5.41) is 0. The van der Waals surface area contributed by atoms with Crippen LogP contribution in [0.25, 0.3) is 0 Å². The van der Waals surface area contributed by atoms with Gasteiger partial charge in [0.25, 0.3) is 0 Å². The first-order valence-corrected chi connectivity index (χ1v) is 6.83. The van der Waals surface area contributed by atoms with Crippen LogP contribution in [0.4, 0.5) is 0 Å². The molecule has 1 aromatic carbocycles. The molecule has 0 spiro atoms. The van der Waals surface area contributed by atoms with E-state index in [4.69, 9.17) is 5.73 Å². The maximum atomic E-state index is 6.04. The Kier molecular flexibility index (Phi) is 4.43. The average molecular weight is 260 g/mol. The van der Waals surface area contributed by atoms with E-state index in [0.29, 0.717) is 18.5 Å². The largest absolute Gasteiger partial charge is 0.370 e. The quantitative estimate of drug-likeness (QED) is 0.647. The topological polar surface area (TPSA) is 44.9 Å². The highest BCUT2D eigenvalue weighted by molar-refractivity contribution is 5.78. The number of aliphatic imine (C=N–C) groups is 1. The SMILES string of the molecule is CN(C)C(CN=C(N)N(C)C1CC1)c1ccccc1.